The number of benzene rings is 1. The standard InChI is InChI=1S/C12H18FNO/c1-14(2)8-4-5-10-6-7-11(15-3)9-12(10)13/h6-7,9H,4-5,8H2,1-3H3. The first kappa shape index (κ1) is 12.0. The van der Waals surface area contributed by atoms with Crippen LogP contribution in [0, 0.1) is 5.82 Å². The van der Waals surface area contributed by atoms with Crippen molar-refractivity contribution in [2.45, 2.75) is 12.8 Å². The molecule has 1 aromatic carbocycles. The molecular weight excluding hydrogens is 193 g/mol. The molecule has 0 heterocycles. The average Bonchev–Trinajstić information content (AvgIpc) is 2.20. The van der Waals surface area contributed by atoms with Crippen LogP contribution >= 0.6 is 0 Å². The number of hydrogen-bond donors (Lipinski definition) is 0. The fourth-order valence-corrected chi connectivity index (χ4v) is 1.44. The van der Waals surface area contributed by atoms with Gasteiger partial charge in [-0.05, 0) is 45.1 Å². The predicted molar refractivity (Wildman–Crippen MR) is 59.8 cm³/mol. The van der Waals surface area contributed by atoms with Crippen LogP contribution in [0.1, 0.15) is 12.0 Å². The number of rotatable bonds is 5. The van der Waals surface area contributed by atoms with E-state index in [0.29, 0.717) is 5.75 Å². The van der Waals surface area contributed by atoms with E-state index in [1.165, 1.54) is 6.07 Å². The van der Waals surface area contributed by atoms with Gasteiger partial charge in [0.15, 0.2) is 0 Å². The molecule has 0 aliphatic carbocycles. The Morgan fingerprint density at radius 1 is 1.33 bits per heavy atom. The van der Waals surface area contributed by atoms with Crippen LogP contribution in [-0.4, -0.2) is 32.6 Å². The molecule has 0 amide bonds. The molecule has 0 N–H and O–H groups in total. The quantitative estimate of drug-likeness (QED) is 0.741. The van der Waals surface area contributed by atoms with Gasteiger partial charge >= 0.3 is 0 Å². The van der Waals surface area contributed by atoms with Gasteiger partial charge < -0.3 is 9.64 Å². The number of aryl methyl sites for hydroxylation is 1. The SMILES string of the molecule is COc1ccc(CCCN(C)C)c(F)c1. The van der Waals surface area contributed by atoms with Crippen LogP contribution in [0.25, 0.3) is 0 Å². The Morgan fingerprint density at radius 2 is 2.07 bits per heavy atom. The maximum Gasteiger partial charge on any atom is 0.130 e. The summed E-state index contributed by atoms with van der Waals surface area (Å²) in [5.74, 6) is 0.400. The van der Waals surface area contributed by atoms with Crippen molar-refractivity contribution in [1.82, 2.24) is 4.90 Å². The van der Waals surface area contributed by atoms with Crippen molar-refractivity contribution in [2.75, 3.05) is 27.7 Å². The molecule has 0 bridgehead atoms. The summed E-state index contributed by atoms with van der Waals surface area (Å²) in [5.41, 5.74) is 0.762. The van der Waals surface area contributed by atoms with Crippen LogP contribution in [0.4, 0.5) is 4.39 Å². The average molecular weight is 211 g/mol. The summed E-state index contributed by atoms with van der Waals surface area (Å²) in [6, 6.07) is 5.03. The van der Waals surface area contributed by atoms with Crippen LogP contribution in [0.5, 0.6) is 5.75 Å². The zero-order chi connectivity index (χ0) is 11.3. The van der Waals surface area contributed by atoms with Gasteiger partial charge in [0.1, 0.15) is 11.6 Å². The number of ether oxygens (including phenoxy) is 1. The van der Waals surface area contributed by atoms with Gasteiger partial charge in [0.05, 0.1) is 7.11 Å². The van der Waals surface area contributed by atoms with E-state index in [1.807, 2.05) is 14.1 Å². The lowest BCUT2D eigenvalue weighted by Crippen LogP contribution is -2.13. The van der Waals surface area contributed by atoms with E-state index in [-0.39, 0.29) is 5.82 Å². The molecule has 0 unspecified atom stereocenters. The van der Waals surface area contributed by atoms with E-state index >= 15 is 0 Å². The number of methoxy groups -OCH3 is 1. The molecule has 0 aliphatic rings. The maximum atomic E-state index is 13.5. The minimum Gasteiger partial charge on any atom is -0.497 e. The molecule has 84 valence electrons. The van der Waals surface area contributed by atoms with Crippen molar-refractivity contribution >= 4 is 0 Å². The molecule has 0 radical (unpaired) electrons. The van der Waals surface area contributed by atoms with Gasteiger partial charge in [0.2, 0.25) is 0 Å². The third kappa shape index (κ3) is 3.88. The largest absolute Gasteiger partial charge is 0.497 e. The summed E-state index contributed by atoms with van der Waals surface area (Å²) >= 11 is 0. The van der Waals surface area contributed by atoms with Crippen LogP contribution in [0.3, 0.4) is 0 Å². The lowest BCUT2D eigenvalue weighted by molar-refractivity contribution is 0.397. The van der Waals surface area contributed by atoms with E-state index in [2.05, 4.69) is 4.90 Å². The highest BCUT2D eigenvalue weighted by atomic mass is 19.1. The Balaban J connectivity index is 2.54. The number of nitrogens with zero attached hydrogens (tertiary/aromatic N) is 1. The van der Waals surface area contributed by atoms with Crippen LogP contribution in [-0.2, 0) is 6.42 Å². The summed E-state index contributed by atoms with van der Waals surface area (Å²) in [4.78, 5) is 2.10. The zero-order valence-electron chi connectivity index (χ0n) is 9.59. The van der Waals surface area contributed by atoms with Gasteiger partial charge in [-0.15, -0.1) is 0 Å². The van der Waals surface area contributed by atoms with Crippen LogP contribution in [0.2, 0.25) is 0 Å². The smallest absolute Gasteiger partial charge is 0.130 e. The molecule has 0 fully saturated rings. The summed E-state index contributed by atoms with van der Waals surface area (Å²) in [5, 5.41) is 0. The third-order valence-electron chi connectivity index (χ3n) is 2.31. The highest BCUT2D eigenvalue weighted by molar-refractivity contribution is 5.28. The van der Waals surface area contributed by atoms with Crippen LogP contribution in [0.15, 0.2) is 18.2 Å². The summed E-state index contributed by atoms with van der Waals surface area (Å²) < 4.78 is 18.4. The Kier molecular flexibility index (Phi) is 4.56. The lowest BCUT2D eigenvalue weighted by atomic mass is 10.1. The molecule has 0 spiro atoms. The molecule has 15 heavy (non-hydrogen) atoms. The molecule has 2 nitrogen and oxygen atoms in total. The second-order valence-electron chi connectivity index (χ2n) is 3.86. The summed E-state index contributed by atoms with van der Waals surface area (Å²) in [7, 11) is 5.58. The van der Waals surface area contributed by atoms with Crippen molar-refractivity contribution in [3.05, 3.63) is 29.6 Å². The fourth-order valence-electron chi connectivity index (χ4n) is 1.44. The van der Waals surface area contributed by atoms with Crippen LogP contribution < -0.4 is 4.74 Å². The fraction of sp³-hybridized carbons (Fsp3) is 0.500. The molecule has 3 heteroatoms. The lowest BCUT2D eigenvalue weighted by Gasteiger charge is -2.09. The van der Waals surface area contributed by atoms with E-state index < -0.39 is 0 Å². The summed E-state index contributed by atoms with van der Waals surface area (Å²) in [6.07, 6.45) is 1.74. The predicted octanol–water partition coefficient (Wildman–Crippen LogP) is 2.33. The minimum atomic E-state index is -0.173. The Morgan fingerprint density at radius 3 is 2.60 bits per heavy atom. The van der Waals surface area contributed by atoms with Gasteiger partial charge in [-0.2, -0.15) is 0 Å². The normalized spacial score (nSPS) is 10.7. The molecule has 0 aliphatic heterocycles. The Bertz CT molecular complexity index is 312. The second-order valence-corrected chi connectivity index (χ2v) is 3.86. The van der Waals surface area contributed by atoms with Crippen molar-refractivity contribution < 1.29 is 9.13 Å². The first-order valence-electron chi connectivity index (χ1n) is 5.10. The van der Waals surface area contributed by atoms with Gasteiger partial charge in [0, 0.05) is 6.07 Å². The van der Waals surface area contributed by atoms with E-state index in [9.17, 15) is 4.39 Å². The van der Waals surface area contributed by atoms with Gasteiger partial charge in [-0.1, -0.05) is 6.07 Å². The van der Waals surface area contributed by atoms with Gasteiger partial charge in [-0.3, -0.25) is 0 Å². The van der Waals surface area contributed by atoms with Crippen molar-refractivity contribution in [3.8, 4) is 5.75 Å². The van der Waals surface area contributed by atoms with Gasteiger partial charge in [0.25, 0.3) is 0 Å². The number of halogens is 1. The van der Waals surface area contributed by atoms with Crippen molar-refractivity contribution in [2.24, 2.45) is 0 Å². The molecule has 1 aromatic rings. The molecule has 0 saturated carbocycles. The van der Waals surface area contributed by atoms with Gasteiger partial charge in [-0.25, -0.2) is 4.39 Å². The highest BCUT2D eigenvalue weighted by Gasteiger charge is 2.03. The second kappa shape index (κ2) is 5.71. The van der Waals surface area contributed by atoms with E-state index in [0.717, 1.165) is 24.9 Å². The Hall–Kier alpha value is -1.09. The highest BCUT2D eigenvalue weighted by Crippen LogP contribution is 2.17. The monoisotopic (exact) mass is 211 g/mol. The molecule has 0 atom stereocenters. The molecule has 0 saturated heterocycles. The molecular formula is C12H18FNO. The van der Waals surface area contributed by atoms with E-state index in [1.54, 1.807) is 19.2 Å². The minimum absolute atomic E-state index is 0.173. The molecule has 0 aromatic heterocycles. The first-order chi connectivity index (χ1) is 7.13. The van der Waals surface area contributed by atoms with Crippen molar-refractivity contribution in [3.63, 3.8) is 0 Å². The maximum absolute atomic E-state index is 13.5. The molecule has 1 rings (SSSR count). The number of hydrogen-bond acceptors (Lipinski definition) is 2. The summed E-state index contributed by atoms with van der Waals surface area (Å²) in [6.45, 7) is 0.978. The van der Waals surface area contributed by atoms with E-state index in [4.69, 9.17) is 4.74 Å². The zero-order valence-corrected chi connectivity index (χ0v) is 9.59. The topological polar surface area (TPSA) is 12.5 Å². The Labute approximate surface area is 90.7 Å². The third-order valence-corrected chi connectivity index (χ3v) is 2.31. The first-order valence-corrected chi connectivity index (χ1v) is 5.10. The van der Waals surface area contributed by atoms with Crippen molar-refractivity contribution in [1.29, 1.82) is 0 Å².